The summed E-state index contributed by atoms with van der Waals surface area (Å²) >= 11 is 0. The molecule has 2 atom stereocenters. The van der Waals surface area contributed by atoms with E-state index < -0.39 is 6.10 Å². The maximum atomic E-state index is 10.9. The lowest BCUT2D eigenvalue weighted by Crippen LogP contribution is -2.24. The number of aromatic nitrogens is 2. The minimum absolute atomic E-state index is 0.0350. The quantitative estimate of drug-likeness (QED) is 0.338. The number of fused-ring (bicyclic) bond motifs is 1. The number of benzene rings is 3. The molecule has 0 saturated heterocycles. The normalized spacial score (nSPS) is 13.2. The topological polar surface area (TPSA) is 56.5 Å². The van der Waals surface area contributed by atoms with Crippen molar-refractivity contribution in [3.05, 3.63) is 95.3 Å². The SMILES string of the molecule is CCC(OCC(O)Cn1c(COc2c(C)cccc2C)nc2ccccc21)c1ccccc1. The number of imidazole rings is 1. The maximum absolute atomic E-state index is 10.9. The van der Waals surface area contributed by atoms with Gasteiger partial charge >= 0.3 is 0 Å². The predicted octanol–water partition coefficient (Wildman–Crippen LogP) is 5.76. The molecule has 0 fully saturated rings. The monoisotopic (exact) mass is 444 g/mol. The highest BCUT2D eigenvalue weighted by Crippen LogP contribution is 2.25. The number of aryl methyl sites for hydroxylation is 2. The number of para-hydroxylation sites is 3. The first-order valence-electron chi connectivity index (χ1n) is 11.5. The van der Waals surface area contributed by atoms with Crippen LogP contribution >= 0.6 is 0 Å². The van der Waals surface area contributed by atoms with E-state index in [0.717, 1.165) is 45.7 Å². The van der Waals surface area contributed by atoms with Crippen molar-refractivity contribution in [2.24, 2.45) is 0 Å². The van der Waals surface area contributed by atoms with E-state index in [1.807, 2.05) is 79.1 Å². The van der Waals surface area contributed by atoms with Crippen LogP contribution in [-0.4, -0.2) is 27.4 Å². The van der Waals surface area contributed by atoms with Crippen LogP contribution in [0.1, 0.15) is 42.0 Å². The molecule has 3 aromatic carbocycles. The van der Waals surface area contributed by atoms with Gasteiger partial charge in [0.15, 0.2) is 0 Å². The van der Waals surface area contributed by atoms with Crippen molar-refractivity contribution in [3.8, 4) is 5.75 Å². The minimum atomic E-state index is -0.667. The van der Waals surface area contributed by atoms with Crippen molar-refractivity contribution in [2.45, 2.75) is 52.6 Å². The Labute approximate surface area is 195 Å². The summed E-state index contributed by atoms with van der Waals surface area (Å²) in [5, 5.41) is 10.9. The summed E-state index contributed by atoms with van der Waals surface area (Å²) < 4.78 is 14.3. The standard InChI is InChI=1S/C28H32N2O3/c1-4-26(22-13-6-5-7-14-22)32-18-23(31)17-30-25-16-9-8-15-24(25)29-27(30)19-33-28-20(2)11-10-12-21(28)3/h5-16,23,26,31H,4,17-19H2,1-3H3. The Balaban J connectivity index is 1.49. The van der Waals surface area contributed by atoms with Gasteiger partial charge in [0, 0.05) is 0 Å². The number of hydrogen-bond acceptors (Lipinski definition) is 4. The Hall–Kier alpha value is -3.15. The highest BCUT2D eigenvalue weighted by atomic mass is 16.5. The molecule has 0 amide bonds. The molecular formula is C28H32N2O3. The van der Waals surface area contributed by atoms with Gasteiger partial charge in [-0.25, -0.2) is 4.98 Å². The average Bonchev–Trinajstić information content (AvgIpc) is 3.17. The number of ether oxygens (including phenoxy) is 2. The molecule has 0 radical (unpaired) electrons. The molecular weight excluding hydrogens is 412 g/mol. The number of hydrogen-bond donors (Lipinski definition) is 1. The second-order valence-electron chi connectivity index (χ2n) is 8.43. The maximum Gasteiger partial charge on any atom is 0.148 e. The van der Waals surface area contributed by atoms with Crippen molar-refractivity contribution in [1.29, 1.82) is 0 Å². The molecule has 1 N–H and O–H groups in total. The first-order valence-corrected chi connectivity index (χ1v) is 11.5. The lowest BCUT2D eigenvalue weighted by atomic mass is 10.1. The number of aliphatic hydroxyl groups excluding tert-OH is 1. The Morgan fingerprint density at radius 3 is 2.33 bits per heavy atom. The third-order valence-electron chi connectivity index (χ3n) is 5.91. The summed E-state index contributed by atoms with van der Waals surface area (Å²) in [7, 11) is 0. The van der Waals surface area contributed by atoms with Crippen molar-refractivity contribution in [2.75, 3.05) is 6.61 Å². The summed E-state index contributed by atoms with van der Waals surface area (Å²) in [4.78, 5) is 4.79. The first-order chi connectivity index (χ1) is 16.1. The zero-order valence-electron chi connectivity index (χ0n) is 19.6. The van der Waals surface area contributed by atoms with E-state index in [9.17, 15) is 5.11 Å². The van der Waals surface area contributed by atoms with E-state index in [1.54, 1.807) is 0 Å². The van der Waals surface area contributed by atoms with Crippen molar-refractivity contribution in [3.63, 3.8) is 0 Å². The molecule has 4 rings (SSSR count). The van der Waals surface area contributed by atoms with Crippen molar-refractivity contribution >= 4 is 11.0 Å². The van der Waals surface area contributed by atoms with Crippen LogP contribution in [0.2, 0.25) is 0 Å². The van der Waals surface area contributed by atoms with Crippen LogP contribution in [0.5, 0.6) is 5.75 Å². The van der Waals surface area contributed by atoms with E-state index in [-0.39, 0.29) is 12.7 Å². The smallest absolute Gasteiger partial charge is 0.148 e. The van der Waals surface area contributed by atoms with Gasteiger partial charge in [-0.1, -0.05) is 67.6 Å². The van der Waals surface area contributed by atoms with Gasteiger partial charge in [0.05, 0.1) is 36.4 Å². The van der Waals surface area contributed by atoms with Crippen LogP contribution in [0.3, 0.4) is 0 Å². The van der Waals surface area contributed by atoms with E-state index >= 15 is 0 Å². The Kier molecular flexibility index (Phi) is 7.43. The molecule has 0 aliphatic heterocycles. The van der Waals surface area contributed by atoms with Gasteiger partial charge in [0.1, 0.15) is 18.2 Å². The van der Waals surface area contributed by atoms with Crippen LogP contribution in [0.4, 0.5) is 0 Å². The van der Waals surface area contributed by atoms with Crippen LogP contribution in [0, 0.1) is 13.8 Å². The zero-order valence-corrected chi connectivity index (χ0v) is 19.6. The summed E-state index contributed by atoms with van der Waals surface area (Å²) in [5.74, 6) is 1.67. The zero-order chi connectivity index (χ0) is 23.2. The van der Waals surface area contributed by atoms with Crippen molar-refractivity contribution < 1.29 is 14.6 Å². The summed E-state index contributed by atoms with van der Waals surface area (Å²) in [5.41, 5.74) is 5.19. The largest absolute Gasteiger partial charge is 0.485 e. The minimum Gasteiger partial charge on any atom is -0.485 e. The third kappa shape index (κ3) is 5.44. The molecule has 2 unspecified atom stereocenters. The van der Waals surface area contributed by atoms with Gasteiger partial charge in [-0.05, 0) is 49.1 Å². The molecule has 1 aromatic heterocycles. The summed E-state index contributed by atoms with van der Waals surface area (Å²) in [6.45, 7) is 7.15. The van der Waals surface area contributed by atoms with E-state index in [0.29, 0.717) is 13.2 Å². The van der Waals surface area contributed by atoms with E-state index in [2.05, 4.69) is 19.1 Å². The van der Waals surface area contributed by atoms with Gasteiger partial charge in [0.25, 0.3) is 0 Å². The van der Waals surface area contributed by atoms with Gasteiger partial charge in [0.2, 0.25) is 0 Å². The van der Waals surface area contributed by atoms with Gasteiger partial charge in [-0.3, -0.25) is 0 Å². The van der Waals surface area contributed by atoms with Crippen LogP contribution < -0.4 is 4.74 Å². The fourth-order valence-electron chi connectivity index (χ4n) is 4.21. The molecule has 0 aliphatic rings. The average molecular weight is 445 g/mol. The molecule has 0 saturated carbocycles. The molecule has 0 aliphatic carbocycles. The number of aliphatic hydroxyl groups is 1. The van der Waals surface area contributed by atoms with Crippen LogP contribution in [0.15, 0.2) is 72.8 Å². The second kappa shape index (κ2) is 10.6. The van der Waals surface area contributed by atoms with Crippen LogP contribution in [0.25, 0.3) is 11.0 Å². The molecule has 1 heterocycles. The van der Waals surface area contributed by atoms with E-state index in [1.165, 1.54) is 0 Å². The Morgan fingerprint density at radius 1 is 0.909 bits per heavy atom. The first kappa shape index (κ1) is 23.0. The molecule has 5 heteroatoms. The van der Waals surface area contributed by atoms with Gasteiger partial charge in [-0.15, -0.1) is 0 Å². The fourth-order valence-corrected chi connectivity index (χ4v) is 4.21. The number of rotatable bonds is 10. The second-order valence-corrected chi connectivity index (χ2v) is 8.43. The van der Waals surface area contributed by atoms with Crippen molar-refractivity contribution in [1.82, 2.24) is 9.55 Å². The van der Waals surface area contributed by atoms with E-state index in [4.69, 9.17) is 14.5 Å². The highest BCUT2D eigenvalue weighted by Gasteiger charge is 2.18. The predicted molar refractivity (Wildman–Crippen MR) is 131 cm³/mol. The van der Waals surface area contributed by atoms with Crippen LogP contribution in [-0.2, 0) is 17.9 Å². The van der Waals surface area contributed by atoms with Gasteiger partial charge in [-0.2, -0.15) is 0 Å². The molecule has 172 valence electrons. The summed E-state index contributed by atoms with van der Waals surface area (Å²) in [6, 6.07) is 24.2. The molecule has 5 nitrogen and oxygen atoms in total. The molecule has 0 spiro atoms. The van der Waals surface area contributed by atoms with Gasteiger partial charge < -0.3 is 19.1 Å². The fraction of sp³-hybridized carbons (Fsp3) is 0.321. The number of nitrogens with zero attached hydrogens (tertiary/aromatic N) is 2. The molecule has 33 heavy (non-hydrogen) atoms. The Bertz CT molecular complexity index is 1170. The molecule has 0 bridgehead atoms. The third-order valence-corrected chi connectivity index (χ3v) is 5.91. The highest BCUT2D eigenvalue weighted by molar-refractivity contribution is 5.75. The lowest BCUT2D eigenvalue weighted by molar-refractivity contribution is -0.0176. The molecule has 4 aromatic rings. The Morgan fingerprint density at radius 2 is 1.61 bits per heavy atom. The summed E-state index contributed by atoms with van der Waals surface area (Å²) in [6.07, 6.45) is 0.145. The lowest BCUT2D eigenvalue weighted by Gasteiger charge is -2.20.